The average Bonchev–Trinajstić information content (AvgIpc) is 2.91. The summed E-state index contributed by atoms with van der Waals surface area (Å²) in [5, 5.41) is 3.48. The molecule has 3 nitrogen and oxygen atoms in total. The maximum atomic E-state index is 4.12. The lowest BCUT2D eigenvalue weighted by Crippen LogP contribution is -2.25. The van der Waals surface area contributed by atoms with E-state index in [1.165, 1.54) is 36.2 Å². The number of rotatable bonds is 6. The van der Waals surface area contributed by atoms with Gasteiger partial charge in [-0.1, -0.05) is 24.3 Å². The zero-order valence-corrected chi connectivity index (χ0v) is 11.8. The van der Waals surface area contributed by atoms with Gasteiger partial charge in [0.2, 0.25) is 0 Å². The highest BCUT2D eigenvalue weighted by atomic mass is 15.1. The van der Waals surface area contributed by atoms with E-state index in [4.69, 9.17) is 0 Å². The number of fused-ring (bicyclic) bond motifs is 1. The summed E-state index contributed by atoms with van der Waals surface area (Å²) >= 11 is 0. The second-order valence-corrected chi connectivity index (χ2v) is 5.26. The minimum Gasteiger partial charge on any atom is -0.371 e. The average molecular weight is 267 g/mol. The Morgan fingerprint density at radius 1 is 1.15 bits per heavy atom. The van der Waals surface area contributed by atoms with Gasteiger partial charge in [0, 0.05) is 37.7 Å². The molecule has 0 radical (unpaired) electrons. The maximum Gasteiger partial charge on any atom is 0.0399 e. The zero-order valence-electron chi connectivity index (χ0n) is 11.8. The van der Waals surface area contributed by atoms with Crippen LogP contribution in [0, 0.1) is 0 Å². The van der Waals surface area contributed by atoms with Crippen LogP contribution in [0.1, 0.15) is 17.5 Å². The van der Waals surface area contributed by atoms with Gasteiger partial charge in [0.05, 0.1) is 0 Å². The van der Waals surface area contributed by atoms with E-state index >= 15 is 0 Å². The Balaban J connectivity index is 1.39. The molecular formula is C17H21N3. The van der Waals surface area contributed by atoms with Gasteiger partial charge in [0.1, 0.15) is 0 Å². The van der Waals surface area contributed by atoms with Gasteiger partial charge in [0.15, 0.2) is 0 Å². The van der Waals surface area contributed by atoms with Crippen LogP contribution in [0.4, 0.5) is 5.69 Å². The molecule has 0 atom stereocenters. The van der Waals surface area contributed by atoms with Crippen molar-refractivity contribution in [3.8, 4) is 0 Å². The normalized spacial score (nSPS) is 13.5. The fourth-order valence-corrected chi connectivity index (χ4v) is 2.77. The molecule has 3 heteroatoms. The summed E-state index contributed by atoms with van der Waals surface area (Å²) in [6, 6.07) is 12.9. The van der Waals surface area contributed by atoms with Gasteiger partial charge in [0.25, 0.3) is 0 Å². The number of hydrogen-bond acceptors (Lipinski definition) is 3. The van der Waals surface area contributed by atoms with Crippen LogP contribution in [0.3, 0.4) is 0 Å². The highest BCUT2D eigenvalue weighted by Crippen LogP contribution is 2.27. The SMILES string of the molecule is c1cncc(CNCCCN2CCc3ccccc32)c1. The second-order valence-electron chi connectivity index (χ2n) is 5.26. The number of pyridine rings is 1. The van der Waals surface area contributed by atoms with Crippen molar-refractivity contribution in [2.75, 3.05) is 24.5 Å². The molecule has 2 heterocycles. The van der Waals surface area contributed by atoms with Gasteiger partial charge in [-0.2, -0.15) is 0 Å². The van der Waals surface area contributed by atoms with E-state index < -0.39 is 0 Å². The van der Waals surface area contributed by atoms with Crippen molar-refractivity contribution < 1.29 is 0 Å². The fourth-order valence-electron chi connectivity index (χ4n) is 2.77. The van der Waals surface area contributed by atoms with Gasteiger partial charge >= 0.3 is 0 Å². The van der Waals surface area contributed by atoms with Crippen molar-refractivity contribution in [2.24, 2.45) is 0 Å². The van der Waals surface area contributed by atoms with Crippen LogP contribution in [0.5, 0.6) is 0 Å². The number of aromatic nitrogens is 1. The standard InChI is InChI=1S/C17H21N3/c1-2-7-17-16(6-1)8-12-20(17)11-4-10-19-14-15-5-3-9-18-13-15/h1-3,5-7,9,13,19H,4,8,10-12,14H2. The lowest BCUT2D eigenvalue weighted by atomic mass is 10.2. The Bertz CT molecular complexity index is 539. The van der Waals surface area contributed by atoms with Crippen LogP contribution in [-0.4, -0.2) is 24.6 Å². The van der Waals surface area contributed by atoms with Crippen LogP contribution in [0.2, 0.25) is 0 Å². The predicted octanol–water partition coefficient (Wildman–Crippen LogP) is 2.62. The van der Waals surface area contributed by atoms with Crippen LogP contribution in [0.25, 0.3) is 0 Å². The smallest absolute Gasteiger partial charge is 0.0399 e. The molecule has 20 heavy (non-hydrogen) atoms. The predicted molar refractivity (Wildman–Crippen MR) is 82.9 cm³/mol. The third-order valence-corrected chi connectivity index (χ3v) is 3.82. The number of benzene rings is 1. The molecule has 1 aliphatic heterocycles. The Labute approximate surface area is 120 Å². The quantitative estimate of drug-likeness (QED) is 0.816. The first-order chi connectivity index (χ1) is 9.93. The highest BCUT2D eigenvalue weighted by Gasteiger charge is 2.16. The van der Waals surface area contributed by atoms with E-state index in [2.05, 4.69) is 45.5 Å². The maximum absolute atomic E-state index is 4.12. The summed E-state index contributed by atoms with van der Waals surface area (Å²) in [5.41, 5.74) is 4.18. The Hall–Kier alpha value is -1.87. The number of para-hydroxylation sites is 1. The monoisotopic (exact) mass is 267 g/mol. The summed E-state index contributed by atoms with van der Waals surface area (Å²) in [6.45, 7) is 4.26. The molecule has 0 amide bonds. The molecule has 0 fully saturated rings. The first kappa shape index (κ1) is 13.1. The van der Waals surface area contributed by atoms with E-state index in [1.54, 1.807) is 0 Å². The van der Waals surface area contributed by atoms with Crippen LogP contribution >= 0.6 is 0 Å². The van der Waals surface area contributed by atoms with E-state index in [9.17, 15) is 0 Å². The largest absolute Gasteiger partial charge is 0.371 e. The van der Waals surface area contributed by atoms with E-state index in [0.29, 0.717) is 0 Å². The number of nitrogens with one attached hydrogen (secondary N) is 1. The fraction of sp³-hybridized carbons (Fsp3) is 0.353. The molecule has 0 unspecified atom stereocenters. The summed E-state index contributed by atoms with van der Waals surface area (Å²) in [6.07, 6.45) is 6.10. The molecule has 1 aromatic carbocycles. The molecular weight excluding hydrogens is 246 g/mol. The van der Waals surface area contributed by atoms with Gasteiger partial charge in [-0.3, -0.25) is 4.98 Å². The van der Waals surface area contributed by atoms with Crippen LogP contribution in [-0.2, 0) is 13.0 Å². The minimum absolute atomic E-state index is 0.907. The third kappa shape index (κ3) is 3.17. The van der Waals surface area contributed by atoms with Crippen molar-refractivity contribution in [1.82, 2.24) is 10.3 Å². The Morgan fingerprint density at radius 3 is 3.00 bits per heavy atom. The lowest BCUT2D eigenvalue weighted by molar-refractivity contribution is 0.637. The van der Waals surface area contributed by atoms with Gasteiger partial charge in [-0.25, -0.2) is 0 Å². The van der Waals surface area contributed by atoms with Crippen LogP contribution in [0.15, 0.2) is 48.8 Å². The lowest BCUT2D eigenvalue weighted by Gasteiger charge is -2.19. The molecule has 2 aromatic rings. The topological polar surface area (TPSA) is 28.2 Å². The van der Waals surface area contributed by atoms with Gasteiger partial charge in [-0.15, -0.1) is 0 Å². The molecule has 1 aromatic heterocycles. The molecule has 0 saturated carbocycles. The van der Waals surface area contributed by atoms with Crippen molar-refractivity contribution in [2.45, 2.75) is 19.4 Å². The third-order valence-electron chi connectivity index (χ3n) is 3.82. The zero-order chi connectivity index (χ0) is 13.6. The van der Waals surface area contributed by atoms with Crippen LogP contribution < -0.4 is 10.2 Å². The number of nitrogens with zero attached hydrogens (tertiary/aromatic N) is 2. The first-order valence-electron chi connectivity index (χ1n) is 7.36. The van der Waals surface area contributed by atoms with E-state index in [0.717, 1.165) is 19.6 Å². The van der Waals surface area contributed by atoms with Crippen molar-refractivity contribution >= 4 is 5.69 Å². The summed E-state index contributed by atoms with van der Waals surface area (Å²) in [5.74, 6) is 0. The molecule has 1 N–H and O–H groups in total. The summed E-state index contributed by atoms with van der Waals surface area (Å²) in [7, 11) is 0. The van der Waals surface area contributed by atoms with E-state index in [1.807, 2.05) is 18.5 Å². The summed E-state index contributed by atoms with van der Waals surface area (Å²) < 4.78 is 0. The molecule has 0 bridgehead atoms. The molecule has 3 rings (SSSR count). The number of anilines is 1. The second kappa shape index (κ2) is 6.53. The summed E-state index contributed by atoms with van der Waals surface area (Å²) in [4.78, 5) is 6.62. The van der Waals surface area contributed by atoms with Crippen molar-refractivity contribution in [3.05, 3.63) is 59.9 Å². The number of hydrogen-bond donors (Lipinski definition) is 1. The molecule has 0 aliphatic carbocycles. The van der Waals surface area contributed by atoms with Gasteiger partial charge in [-0.05, 0) is 42.6 Å². The van der Waals surface area contributed by atoms with Crippen molar-refractivity contribution in [1.29, 1.82) is 0 Å². The Morgan fingerprint density at radius 2 is 2.10 bits per heavy atom. The molecule has 0 spiro atoms. The molecule has 104 valence electrons. The highest BCUT2D eigenvalue weighted by molar-refractivity contribution is 5.57. The first-order valence-corrected chi connectivity index (χ1v) is 7.36. The molecule has 0 saturated heterocycles. The molecule has 1 aliphatic rings. The Kier molecular flexibility index (Phi) is 4.28. The van der Waals surface area contributed by atoms with E-state index in [-0.39, 0.29) is 0 Å². The van der Waals surface area contributed by atoms with Crippen molar-refractivity contribution in [3.63, 3.8) is 0 Å². The minimum atomic E-state index is 0.907. The van der Waals surface area contributed by atoms with Gasteiger partial charge < -0.3 is 10.2 Å².